The van der Waals surface area contributed by atoms with E-state index in [2.05, 4.69) is 4.99 Å². The molecule has 0 aromatic carbocycles. The summed E-state index contributed by atoms with van der Waals surface area (Å²) in [4.78, 5) is 4.54. The van der Waals surface area contributed by atoms with Gasteiger partial charge < -0.3 is 15.0 Å². The van der Waals surface area contributed by atoms with Crippen molar-refractivity contribution in [2.24, 2.45) is 16.6 Å². The monoisotopic (exact) mass is 214 g/mol. The molecule has 0 radical (unpaired) electrons. The fourth-order valence-electron chi connectivity index (χ4n) is 1.56. The lowest BCUT2D eigenvalue weighted by molar-refractivity contribution is 0.138. The van der Waals surface area contributed by atoms with E-state index in [4.69, 9.17) is 15.0 Å². The summed E-state index contributed by atoms with van der Waals surface area (Å²) in [5.74, 6) is 0.710. The summed E-state index contributed by atoms with van der Waals surface area (Å²) in [5.41, 5.74) is 6.32. The number of nitrogens with zero attached hydrogens (tertiary/aromatic N) is 1. The van der Waals surface area contributed by atoms with Crippen LogP contribution in [-0.4, -0.2) is 29.5 Å². The van der Waals surface area contributed by atoms with Crippen LogP contribution in [0, 0.1) is 5.92 Å². The Balaban J connectivity index is 2.02. The molecule has 0 spiro atoms. The van der Waals surface area contributed by atoms with Crippen LogP contribution in [0.25, 0.3) is 0 Å². The zero-order valence-corrected chi connectivity index (χ0v) is 8.67. The number of hydrogen-bond donors (Lipinski definition) is 2. The zero-order valence-electron chi connectivity index (χ0n) is 7.85. The summed E-state index contributed by atoms with van der Waals surface area (Å²) in [6.07, 6.45) is 4.21. The van der Waals surface area contributed by atoms with Gasteiger partial charge in [0.05, 0.1) is 30.0 Å². The summed E-state index contributed by atoms with van der Waals surface area (Å²) in [6, 6.07) is 0.312. The molecule has 78 valence electrons. The summed E-state index contributed by atoms with van der Waals surface area (Å²) >= 11 is 0.546. The van der Waals surface area contributed by atoms with Crippen LogP contribution >= 0.6 is 12.0 Å². The van der Waals surface area contributed by atoms with Gasteiger partial charge in [0.1, 0.15) is 0 Å². The molecule has 0 aromatic heterocycles. The van der Waals surface area contributed by atoms with E-state index < -0.39 is 0 Å². The molecule has 0 aromatic rings. The second kappa shape index (κ2) is 4.33. The largest absolute Gasteiger partial charge is 0.392 e. The maximum atomic E-state index is 8.68. The van der Waals surface area contributed by atoms with Gasteiger partial charge >= 0.3 is 0 Å². The van der Waals surface area contributed by atoms with E-state index in [-0.39, 0.29) is 0 Å². The zero-order chi connectivity index (χ0) is 9.97. The van der Waals surface area contributed by atoms with Crippen LogP contribution in [0.15, 0.2) is 16.1 Å². The Morgan fingerprint density at radius 1 is 1.64 bits per heavy atom. The van der Waals surface area contributed by atoms with Gasteiger partial charge in [0.2, 0.25) is 0 Å². The Morgan fingerprint density at radius 2 is 2.43 bits per heavy atom. The van der Waals surface area contributed by atoms with Crippen molar-refractivity contribution < 1.29 is 9.29 Å². The molecule has 1 aliphatic carbocycles. The average molecular weight is 214 g/mol. The fourth-order valence-corrected chi connectivity index (χ4v) is 1.75. The van der Waals surface area contributed by atoms with Crippen molar-refractivity contribution in [1.82, 2.24) is 0 Å². The molecule has 2 rings (SSSR count). The summed E-state index contributed by atoms with van der Waals surface area (Å²) < 4.78 is 14.1. The minimum absolute atomic E-state index is 0.312. The summed E-state index contributed by atoms with van der Waals surface area (Å²) in [7, 11) is 0. The highest BCUT2D eigenvalue weighted by atomic mass is 32.2. The van der Waals surface area contributed by atoms with Crippen molar-refractivity contribution >= 4 is 17.8 Å². The highest BCUT2D eigenvalue weighted by Gasteiger charge is 2.32. The van der Waals surface area contributed by atoms with E-state index in [0.29, 0.717) is 35.6 Å². The molecule has 0 amide bonds. The Kier molecular flexibility index (Phi) is 3.10. The molecule has 5 heteroatoms. The normalized spacial score (nSPS) is 28.8. The van der Waals surface area contributed by atoms with Crippen LogP contribution in [0.1, 0.15) is 12.8 Å². The Morgan fingerprint density at radius 3 is 3.07 bits per heavy atom. The van der Waals surface area contributed by atoms with Crippen LogP contribution in [-0.2, 0) is 4.74 Å². The molecule has 0 bridgehead atoms. The lowest BCUT2D eigenvalue weighted by atomic mass is 10.2. The molecule has 1 heterocycles. The van der Waals surface area contributed by atoms with E-state index in [1.807, 2.05) is 0 Å². The molecule has 3 N–H and O–H groups in total. The lowest BCUT2D eigenvalue weighted by Crippen LogP contribution is -2.26. The average Bonchev–Trinajstić information content (AvgIpc) is 3.01. The van der Waals surface area contributed by atoms with Gasteiger partial charge in [-0.2, -0.15) is 0 Å². The third-order valence-corrected chi connectivity index (χ3v) is 2.78. The van der Waals surface area contributed by atoms with Crippen molar-refractivity contribution in [2.45, 2.75) is 18.9 Å². The van der Waals surface area contributed by atoms with Gasteiger partial charge in [-0.25, -0.2) is 0 Å². The van der Waals surface area contributed by atoms with Crippen molar-refractivity contribution in [3.63, 3.8) is 0 Å². The van der Waals surface area contributed by atoms with Gasteiger partial charge in [-0.05, 0) is 24.8 Å². The Bertz CT molecular complexity index is 274. The first kappa shape index (κ1) is 10.0. The Labute approximate surface area is 87.4 Å². The van der Waals surface area contributed by atoms with Crippen molar-refractivity contribution in [3.8, 4) is 0 Å². The maximum Gasteiger partial charge on any atom is 0.0951 e. The molecule has 1 aliphatic heterocycles. The molecule has 0 saturated heterocycles. The van der Waals surface area contributed by atoms with Gasteiger partial charge in [0.25, 0.3) is 0 Å². The smallest absolute Gasteiger partial charge is 0.0951 e. The molecule has 2 aliphatic rings. The number of ether oxygens (including phenoxy) is 1. The maximum absolute atomic E-state index is 8.68. The van der Waals surface area contributed by atoms with Gasteiger partial charge in [0.15, 0.2) is 0 Å². The predicted octanol–water partition coefficient (Wildman–Crippen LogP) is 1.24. The summed E-state index contributed by atoms with van der Waals surface area (Å²) in [6.45, 7) is 1.23. The van der Waals surface area contributed by atoms with Gasteiger partial charge in [-0.3, -0.25) is 4.99 Å². The van der Waals surface area contributed by atoms with Crippen LogP contribution in [0.3, 0.4) is 0 Å². The molecule has 14 heavy (non-hydrogen) atoms. The number of rotatable bonds is 3. The molecule has 1 unspecified atom stereocenters. The van der Waals surface area contributed by atoms with Gasteiger partial charge in [-0.1, -0.05) is 0 Å². The highest BCUT2D eigenvalue weighted by Crippen LogP contribution is 2.35. The third kappa shape index (κ3) is 2.50. The molecule has 1 fully saturated rings. The minimum Gasteiger partial charge on any atom is -0.392 e. The van der Waals surface area contributed by atoms with Crippen LogP contribution in [0.5, 0.6) is 0 Å². The standard InChI is InChI=1S/C9H14N2O2S/c10-9(14-12)3-7-4-13-5-8(11-7)6-1-2-6/h3,6,8,12H,1-2,4-5,10H2. The molecule has 1 atom stereocenters. The first-order chi connectivity index (χ1) is 6.79. The number of hydrogen-bond acceptors (Lipinski definition) is 5. The quantitative estimate of drug-likeness (QED) is 0.694. The number of nitrogens with two attached hydrogens (primary N) is 1. The van der Waals surface area contributed by atoms with E-state index in [1.54, 1.807) is 6.08 Å². The predicted molar refractivity (Wildman–Crippen MR) is 57.3 cm³/mol. The van der Waals surface area contributed by atoms with Crippen LogP contribution in [0.2, 0.25) is 0 Å². The third-order valence-electron chi connectivity index (χ3n) is 2.45. The molecular weight excluding hydrogens is 200 g/mol. The van der Waals surface area contributed by atoms with E-state index in [1.165, 1.54) is 12.8 Å². The first-order valence-corrected chi connectivity index (χ1v) is 5.50. The molecular formula is C9H14N2O2S. The van der Waals surface area contributed by atoms with E-state index in [9.17, 15) is 0 Å². The Hall–Kier alpha value is -0.520. The lowest BCUT2D eigenvalue weighted by Gasteiger charge is -2.19. The molecule has 1 saturated carbocycles. The SMILES string of the molecule is NC(=CC1=NC(C2CC2)COC1)SO. The second-order valence-corrected chi connectivity index (χ2v) is 4.33. The van der Waals surface area contributed by atoms with E-state index >= 15 is 0 Å². The van der Waals surface area contributed by atoms with Crippen LogP contribution in [0.4, 0.5) is 0 Å². The van der Waals surface area contributed by atoms with Gasteiger partial charge in [-0.15, -0.1) is 0 Å². The summed E-state index contributed by atoms with van der Waals surface area (Å²) in [5, 5.41) is 0.365. The van der Waals surface area contributed by atoms with Crippen molar-refractivity contribution in [2.75, 3.05) is 13.2 Å². The highest BCUT2D eigenvalue weighted by molar-refractivity contribution is 7.97. The topological polar surface area (TPSA) is 67.8 Å². The number of aliphatic imine (C=N–C) groups is 1. The van der Waals surface area contributed by atoms with Crippen LogP contribution < -0.4 is 5.73 Å². The first-order valence-electron chi connectivity index (χ1n) is 4.72. The minimum atomic E-state index is 0.312. The van der Waals surface area contributed by atoms with Crippen molar-refractivity contribution in [1.29, 1.82) is 0 Å². The van der Waals surface area contributed by atoms with Gasteiger partial charge in [0, 0.05) is 12.0 Å². The molecule has 4 nitrogen and oxygen atoms in total. The van der Waals surface area contributed by atoms with E-state index in [0.717, 1.165) is 12.3 Å². The fraction of sp³-hybridized carbons (Fsp3) is 0.667. The second-order valence-electron chi connectivity index (χ2n) is 3.68. The van der Waals surface area contributed by atoms with Crippen molar-refractivity contribution in [3.05, 3.63) is 11.1 Å².